The molecule has 0 N–H and O–H groups in total. The van der Waals surface area contributed by atoms with Crippen LogP contribution in [0.3, 0.4) is 0 Å². The minimum absolute atomic E-state index is 0.0614. The second kappa shape index (κ2) is 10.4. The zero-order valence-electron chi connectivity index (χ0n) is 27.4. The SMILES string of the molecule is CC1(C)c2ccccc2-c2cc(N(c3ccc4ccc5c6ccccc6oc5c4c3)c3ccccc3-c3ccc4ccccc4c3)ccc21. The topological polar surface area (TPSA) is 16.4 Å². The molecule has 0 saturated heterocycles. The monoisotopic (exact) mass is 627 g/mol. The highest BCUT2D eigenvalue weighted by Crippen LogP contribution is 2.51. The second-order valence-electron chi connectivity index (χ2n) is 13.8. The minimum Gasteiger partial charge on any atom is -0.455 e. The van der Waals surface area contributed by atoms with Crippen molar-refractivity contribution in [3.05, 3.63) is 175 Å². The van der Waals surface area contributed by atoms with Crippen LogP contribution in [0.25, 0.3) is 65.7 Å². The van der Waals surface area contributed by atoms with Gasteiger partial charge in [0.15, 0.2) is 0 Å². The molecule has 49 heavy (non-hydrogen) atoms. The lowest BCUT2D eigenvalue weighted by Gasteiger charge is -2.29. The maximum atomic E-state index is 6.55. The third-order valence-electron chi connectivity index (χ3n) is 10.6. The molecule has 0 unspecified atom stereocenters. The van der Waals surface area contributed by atoms with Crippen LogP contribution in [-0.4, -0.2) is 0 Å². The maximum Gasteiger partial charge on any atom is 0.143 e. The number of fused-ring (bicyclic) bond motifs is 9. The molecular formula is C47H33NO. The average Bonchev–Trinajstić information content (AvgIpc) is 3.64. The van der Waals surface area contributed by atoms with Gasteiger partial charge < -0.3 is 9.32 Å². The lowest BCUT2D eigenvalue weighted by Crippen LogP contribution is -2.15. The van der Waals surface area contributed by atoms with Crippen molar-refractivity contribution < 1.29 is 4.42 Å². The molecule has 1 aliphatic carbocycles. The molecule has 0 saturated carbocycles. The van der Waals surface area contributed by atoms with Gasteiger partial charge in [0.25, 0.3) is 0 Å². The lowest BCUT2D eigenvalue weighted by atomic mass is 9.82. The third kappa shape index (κ3) is 4.20. The fourth-order valence-electron chi connectivity index (χ4n) is 8.17. The summed E-state index contributed by atoms with van der Waals surface area (Å²) < 4.78 is 6.55. The number of nitrogens with zero attached hydrogens (tertiary/aromatic N) is 1. The molecule has 9 aromatic rings. The Morgan fingerprint density at radius 3 is 2.04 bits per heavy atom. The van der Waals surface area contributed by atoms with Crippen molar-refractivity contribution in [1.82, 2.24) is 0 Å². The molecule has 10 rings (SSSR count). The van der Waals surface area contributed by atoms with Crippen molar-refractivity contribution in [2.24, 2.45) is 0 Å². The molecule has 0 bridgehead atoms. The fraction of sp³-hybridized carbons (Fsp3) is 0.0638. The smallest absolute Gasteiger partial charge is 0.143 e. The number of hydrogen-bond donors (Lipinski definition) is 0. The summed E-state index contributed by atoms with van der Waals surface area (Å²) in [5.41, 5.74) is 12.8. The third-order valence-corrected chi connectivity index (χ3v) is 10.6. The van der Waals surface area contributed by atoms with Gasteiger partial charge in [-0.25, -0.2) is 0 Å². The van der Waals surface area contributed by atoms with Crippen LogP contribution in [-0.2, 0) is 5.41 Å². The van der Waals surface area contributed by atoms with Gasteiger partial charge in [-0.2, -0.15) is 0 Å². The van der Waals surface area contributed by atoms with E-state index < -0.39 is 0 Å². The van der Waals surface area contributed by atoms with Gasteiger partial charge in [0.2, 0.25) is 0 Å². The molecule has 0 spiro atoms. The van der Waals surface area contributed by atoms with E-state index in [-0.39, 0.29) is 5.41 Å². The van der Waals surface area contributed by atoms with Gasteiger partial charge in [0.1, 0.15) is 11.2 Å². The van der Waals surface area contributed by atoms with Crippen molar-refractivity contribution in [3.63, 3.8) is 0 Å². The largest absolute Gasteiger partial charge is 0.455 e. The molecule has 1 heterocycles. The number of hydrogen-bond acceptors (Lipinski definition) is 2. The summed E-state index contributed by atoms with van der Waals surface area (Å²) in [6.45, 7) is 4.68. The van der Waals surface area contributed by atoms with Crippen molar-refractivity contribution in [1.29, 1.82) is 0 Å². The maximum absolute atomic E-state index is 6.55. The number of anilines is 3. The Morgan fingerprint density at radius 2 is 1.12 bits per heavy atom. The molecule has 0 fully saturated rings. The van der Waals surface area contributed by atoms with Gasteiger partial charge in [-0.15, -0.1) is 0 Å². The number of benzene rings is 8. The number of furan rings is 1. The van der Waals surface area contributed by atoms with E-state index in [1.807, 2.05) is 6.07 Å². The van der Waals surface area contributed by atoms with E-state index in [0.29, 0.717) is 0 Å². The van der Waals surface area contributed by atoms with E-state index in [0.717, 1.165) is 49.8 Å². The van der Waals surface area contributed by atoms with Gasteiger partial charge in [-0.3, -0.25) is 0 Å². The van der Waals surface area contributed by atoms with Crippen LogP contribution in [0.1, 0.15) is 25.0 Å². The van der Waals surface area contributed by atoms with Crippen molar-refractivity contribution >= 4 is 60.5 Å². The minimum atomic E-state index is -0.0614. The molecule has 0 amide bonds. The average molecular weight is 628 g/mol. The van der Waals surface area contributed by atoms with Crippen molar-refractivity contribution in [2.75, 3.05) is 4.90 Å². The Morgan fingerprint density at radius 1 is 0.449 bits per heavy atom. The van der Waals surface area contributed by atoms with Gasteiger partial charge in [-0.1, -0.05) is 129 Å². The predicted molar refractivity (Wildman–Crippen MR) is 206 cm³/mol. The van der Waals surface area contributed by atoms with E-state index in [2.05, 4.69) is 176 Å². The van der Waals surface area contributed by atoms with Crippen LogP contribution in [0, 0.1) is 0 Å². The molecule has 8 aromatic carbocycles. The predicted octanol–water partition coefficient (Wildman–Crippen LogP) is 13.3. The normalized spacial score (nSPS) is 13.3. The molecule has 0 aliphatic heterocycles. The van der Waals surface area contributed by atoms with Crippen molar-refractivity contribution in [3.8, 4) is 22.3 Å². The van der Waals surface area contributed by atoms with Gasteiger partial charge >= 0.3 is 0 Å². The molecule has 1 aliphatic rings. The highest BCUT2D eigenvalue weighted by Gasteiger charge is 2.35. The van der Waals surface area contributed by atoms with Crippen LogP contribution in [0.2, 0.25) is 0 Å². The second-order valence-corrected chi connectivity index (χ2v) is 13.8. The van der Waals surface area contributed by atoms with E-state index in [1.165, 1.54) is 44.2 Å². The first-order chi connectivity index (χ1) is 24.0. The highest BCUT2D eigenvalue weighted by molar-refractivity contribution is 6.15. The fourth-order valence-corrected chi connectivity index (χ4v) is 8.17. The summed E-state index contributed by atoms with van der Waals surface area (Å²) in [6.07, 6.45) is 0. The Hall–Kier alpha value is -6.12. The van der Waals surface area contributed by atoms with E-state index in [4.69, 9.17) is 4.42 Å². The molecule has 0 atom stereocenters. The molecule has 1 aromatic heterocycles. The summed E-state index contributed by atoms with van der Waals surface area (Å²) in [5, 5.41) is 7.01. The summed E-state index contributed by atoms with van der Waals surface area (Å²) in [5.74, 6) is 0. The summed E-state index contributed by atoms with van der Waals surface area (Å²) >= 11 is 0. The summed E-state index contributed by atoms with van der Waals surface area (Å²) in [7, 11) is 0. The Balaban J connectivity index is 1.24. The Kier molecular flexibility index (Phi) is 5.95. The van der Waals surface area contributed by atoms with E-state index in [1.54, 1.807) is 0 Å². The van der Waals surface area contributed by atoms with Crippen molar-refractivity contribution in [2.45, 2.75) is 19.3 Å². The van der Waals surface area contributed by atoms with Crippen LogP contribution >= 0.6 is 0 Å². The van der Waals surface area contributed by atoms with Gasteiger partial charge in [-0.05, 0) is 92.5 Å². The van der Waals surface area contributed by atoms with Gasteiger partial charge in [0.05, 0.1) is 5.69 Å². The lowest BCUT2D eigenvalue weighted by molar-refractivity contribution is 0.660. The molecular weight excluding hydrogens is 595 g/mol. The molecule has 232 valence electrons. The molecule has 0 radical (unpaired) electrons. The molecule has 2 nitrogen and oxygen atoms in total. The van der Waals surface area contributed by atoms with Crippen LogP contribution in [0.15, 0.2) is 168 Å². The Labute approximate surface area is 285 Å². The first-order valence-electron chi connectivity index (χ1n) is 17.0. The molecule has 2 heteroatoms. The standard InChI is InChI=1S/C47H33NO/c1-47(2)42-16-8-5-14-37(42)41-29-35(24-26-43(41)47)48(44-17-9-6-13-36(44)33-20-19-30-11-3-4-12-32(30)27-33)34-23-21-31-22-25-39-38-15-7-10-18-45(38)49-46(39)40(31)28-34/h3-29H,1-2H3. The summed E-state index contributed by atoms with van der Waals surface area (Å²) in [6, 6.07) is 59.6. The Bertz CT molecular complexity index is 2770. The highest BCUT2D eigenvalue weighted by atomic mass is 16.3. The number of rotatable bonds is 4. The van der Waals surface area contributed by atoms with Crippen LogP contribution < -0.4 is 4.90 Å². The summed E-state index contributed by atoms with van der Waals surface area (Å²) in [4.78, 5) is 2.43. The first-order valence-corrected chi connectivity index (χ1v) is 17.0. The van der Waals surface area contributed by atoms with Crippen LogP contribution in [0.4, 0.5) is 17.1 Å². The first kappa shape index (κ1) is 27.9. The quantitative estimate of drug-likeness (QED) is 0.193. The number of para-hydroxylation sites is 2. The van der Waals surface area contributed by atoms with Gasteiger partial charge in [0, 0.05) is 38.5 Å². The zero-order chi connectivity index (χ0) is 32.7. The van der Waals surface area contributed by atoms with E-state index >= 15 is 0 Å². The zero-order valence-corrected chi connectivity index (χ0v) is 27.4. The van der Waals surface area contributed by atoms with E-state index in [9.17, 15) is 0 Å². The van der Waals surface area contributed by atoms with Crippen LogP contribution in [0.5, 0.6) is 0 Å².